The zero-order valence-electron chi connectivity index (χ0n) is 15.1. The lowest BCUT2D eigenvalue weighted by Gasteiger charge is -2.07. The molecule has 28 heavy (non-hydrogen) atoms. The number of anilines is 1. The van der Waals surface area contributed by atoms with Crippen LogP contribution in [0, 0.1) is 6.92 Å². The molecule has 1 amide bonds. The molecule has 0 unspecified atom stereocenters. The van der Waals surface area contributed by atoms with Crippen molar-refractivity contribution >= 4 is 33.2 Å². The van der Waals surface area contributed by atoms with Gasteiger partial charge in [0.05, 0.1) is 23.6 Å². The molecule has 0 aliphatic rings. The molecule has 1 aromatic heterocycles. The molecule has 0 spiro atoms. The van der Waals surface area contributed by atoms with Gasteiger partial charge in [-0.15, -0.1) is 0 Å². The number of carbonyl (C=O) groups excluding carboxylic acids is 1. The van der Waals surface area contributed by atoms with Crippen LogP contribution in [0.4, 0.5) is 5.69 Å². The van der Waals surface area contributed by atoms with Crippen molar-refractivity contribution in [3.05, 3.63) is 82.1 Å². The summed E-state index contributed by atoms with van der Waals surface area (Å²) in [4.78, 5) is 12.7. The average Bonchev–Trinajstić information content (AvgIpc) is 2.88. The predicted molar refractivity (Wildman–Crippen MR) is 109 cm³/mol. The van der Waals surface area contributed by atoms with Crippen LogP contribution in [0.25, 0.3) is 0 Å². The first kappa shape index (κ1) is 20.1. The van der Waals surface area contributed by atoms with Crippen LogP contribution < -0.4 is 10.5 Å². The van der Waals surface area contributed by atoms with Crippen molar-refractivity contribution < 1.29 is 13.2 Å². The molecule has 0 saturated carbocycles. The molecule has 3 N–H and O–H groups in total. The van der Waals surface area contributed by atoms with Crippen LogP contribution in [-0.2, 0) is 22.3 Å². The van der Waals surface area contributed by atoms with Crippen molar-refractivity contribution in [1.82, 2.24) is 9.78 Å². The minimum Gasteiger partial charge on any atom is -0.322 e. The summed E-state index contributed by atoms with van der Waals surface area (Å²) in [6, 6.07) is 16.1. The normalized spacial score (nSPS) is 11.4. The second-order valence-corrected chi connectivity index (χ2v) is 8.33. The molecule has 0 aliphatic carbocycles. The average molecular weight is 419 g/mol. The number of carbonyl (C=O) groups is 1. The SMILES string of the molecule is Cc1nn(Cc2ccccc2)c(Cl)c1C(=O)Nc1cccc(CS(N)(=O)=O)c1. The Morgan fingerprint density at radius 2 is 1.82 bits per heavy atom. The molecule has 3 aromatic rings. The molecule has 3 rings (SSSR count). The van der Waals surface area contributed by atoms with Gasteiger partial charge in [-0.1, -0.05) is 54.1 Å². The summed E-state index contributed by atoms with van der Waals surface area (Å²) in [6.07, 6.45) is 0. The number of aryl methyl sites for hydroxylation is 1. The molecule has 0 saturated heterocycles. The van der Waals surface area contributed by atoms with E-state index in [1.807, 2.05) is 30.3 Å². The third kappa shape index (κ3) is 4.98. The van der Waals surface area contributed by atoms with Crippen molar-refractivity contribution in [2.24, 2.45) is 5.14 Å². The Labute approximate surface area is 168 Å². The van der Waals surface area contributed by atoms with E-state index in [-0.39, 0.29) is 16.5 Å². The second kappa shape index (κ2) is 8.14. The molecule has 146 valence electrons. The largest absolute Gasteiger partial charge is 0.322 e. The summed E-state index contributed by atoms with van der Waals surface area (Å²) in [5, 5.41) is 12.4. The minimum absolute atomic E-state index is 0.236. The molecule has 0 fully saturated rings. The zero-order chi connectivity index (χ0) is 20.3. The fourth-order valence-electron chi connectivity index (χ4n) is 2.84. The van der Waals surface area contributed by atoms with Crippen LogP contribution >= 0.6 is 11.6 Å². The van der Waals surface area contributed by atoms with Crippen molar-refractivity contribution in [1.29, 1.82) is 0 Å². The van der Waals surface area contributed by atoms with E-state index in [1.165, 1.54) is 0 Å². The highest BCUT2D eigenvalue weighted by molar-refractivity contribution is 7.88. The highest BCUT2D eigenvalue weighted by Crippen LogP contribution is 2.23. The number of halogens is 1. The summed E-state index contributed by atoms with van der Waals surface area (Å²) in [5.74, 6) is -0.736. The van der Waals surface area contributed by atoms with E-state index in [2.05, 4.69) is 10.4 Å². The number of hydrogen-bond acceptors (Lipinski definition) is 4. The molecule has 2 aromatic carbocycles. The van der Waals surface area contributed by atoms with Crippen LogP contribution in [0.5, 0.6) is 0 Å². The quantitative estimate of drug-likeness (QED) is 0.641. The number of primary sulfonamides is 1. The molecular weight excluding hydrogens is 400 g/mol. The molecule has 0 radical (unpaired) electrons. The third-order valence-electron chi connectivity index (χ3n) is 4.02. The summed E-state index contributed by atoms with van der Waals surface area (Å²) in [6.45, 7) is 2.15. The number of rotatable bonds is 6. The summed E-state index contributed by atoms with van der Waals surface area (Å²) < 4.78 is 24.1. The highest BCUT2D eigenvalue weighted by atomic mass is 35.5. The lowest BCUT2D eigenvalue weighted by molar-refractivity contribution is 0.102. The van der Waals surface area contributed by atoms with E-state index in [4.69, 9.17) is 16.7 Å². The van der Waals surface area contributed by atoms with Crippen LogP contribution in [0.2, 0.25) is 5.15 Å². The van der Waals surface area contributed by atoms with Crippen LogP contribution in [0.15, 0.2) is 54.6 Å². The van der Waals surface area contributed by atoms with Gasteiger partial charge in [0.1, 0.15) is 5.15 Å². The maximum atomic E-state index is 12.7. The number of hydrogen-bond donors (Lipinski definition) is 2. The molecule has 0 aliphatic heterocycles. The van der Waals surface area contributed by atoms with Crippen molar-refractivity contribution in [2.75, 3.05) is 5.32 Å². The standard InChI is InChI=1S/C19H19ClN4O3S/c1-13-17(18(20)24(23-13)11-14-6-3-2-4-7-14)19(25)22-16-9-5-8-15(10-16)12-28(21,26)27/h2-10H,11-12H2,1H3,(H,22,25)(H2,21,26,27). The molecule has 0 atom stereocenters. The number of sulfonamides is 1. The number of amides is 1. The van der Waals surface area contributed by atoms with Gasteiger partial charge in [0, 0.05) is 5.69 Å². The maximum absolute atomic E-state index is 12.7. The Hall–Kier alpha value is -2.68. The van der Waals surface area contributed by atoms with Crippen molar-refractivity contribution in [3.8, 4) is 0 Å². The fourth-order valence-corrected chi connectivity index (χ4v) is 3.80. The summed E-state index contributed by atoms with van der Waals surface area (Å²) >= 11 is 6.40. The van der Waals surface area contributed by atoms with E-state index in [9.17, 15) is 13.2 Å². The van der Waals surface area contributed by atoms with E-state index in [0.29, 0.717) is 23.5 Å². The number of aromatic nitrogens is 2. The zero-order valence-corrected chi connectivity index (χ0v) is 16.7. The van der Waals surface area contributed by atoms with E-state index in [0.717, 1.165) is 5.56 Å². The minimum atomic E-state index is -3.66. The number of nitrogens with two attached hydrogens (primary N) is 1. The molecular formula is C19H19ClN4O3S. The van der Waals surface area contributed by atoms with Gasteiger partial charge < -0.3 is 5.32 Å². The molecule has 7 nitrogen and oxygen atoms in total. The maximum Gasteiger partial charge on any atom is 0.260 e. The van der Waals surface area contributed by atoms with Gasteiger partial charge in [0.25, 0.3) is 5.91 Å². The fraction of sp³-hybridized carbons (Fsp3) is 0.158. The Morgan fingerprint density at radius 1 is 1.14 bits per heavy atom. The Bertz CT molecular complexity index is 1110. The third-order valence-corrected chi connectivity index (χ3v) is 5.14. The predicted octanol–water partition coefficient (Wildman–Crippen LogP) is 2.93. The summed E-state index contributed by atoms with van der Waals surface area (Å²) in [7, 11) is -3.66. The first-order valence-corrected chi connectivity index (χ1v) is 10.5. The van der Waals surface area contributed by atoms with Crippen molar-refractivity contribution in [2.45, 2.75) is 19.2 Å². The van der Waals surface area contributed by atoms with Crippen molar-refractivity contribution in [3.63, 3.8) is 0 Å². The first-order valence-electron chi connectivity index (χ1n) is 8.40. The summed E-state index contributed by atoms with van der Waals surface area (Å²) in [5.41, 5.74) is 2.70. The molecule has 0 bridgehead atoms. The lowest BCUT2D eigenvalue weighted by Crippen LogP contribution is -2.16. The number of benzene rings is 2. The van der Waals surface area contributed by atoms with Gasteiger partial charge in [0.15, 0.2) is 0 Å². The second-order valence-electron chi connectivity index (χ2n) is 6.36. The van der Waals surface area contributed by atoms with Gasteiger partial charge in [-0.25, -0.2) is 18.2 Å². The van der Waals surface area contributed by atoms with Gasteiger partial charge >= 0.3 is 0 Å². The van der Waals surface area contributed by atoms with E-state index in [1.54, 1.807) is 35.9 Å². The van der Waals surface area contributed by atoms with Gasteiger partial charge in [0.2, 0.25) is 10.0 Å². The van der Waals surface area contributed by atoms with E-state index >= 15 is 0 Å². The Kier molecular flexibility index (Phi) is 5.83. The molecule has 1 heterocycles. The van der Waals surface area contributed by atoms with Crippen LogP contribution in [0.3, 0.4) is 0 Å². The lowest BCUT2D eigenvalue weighted by atomic mass is 10.2. The van der Waals surface area contributed by atoms with E-state index < -0.39 is 15.9 Å². The van der Waals surface area contributed by atoms with Crippen LogP contribution in [-0.4, -0.2) is 24.1 Å². The monoisotopic (exact) mass is 418 g/mol. The smallest absolute Gasteiger partial charge is 0.260 e. The molecule has 9 heteroatoms. The van der Waals surface area contributed by atoms with Gasteiger partial charge in [-0.05, 0) is 30.2 Å². The first-order chi connectivity index (χ1) is 13.2. The Morgan fingerprint density at radius 3 is 2.50 bits per heavy atom. The Balaban J connectivity index is 1.81. The van der Waals surface area contributed by atoms with Crippen LogP contribution in [0.1, 0.15) is 27.2 Å². The highest BCUT2D eigenvalue weighted by Gasteiger charge is 2.20. The topological polar surface area (TPSA) is 107 Å². The number of nitrogens with one attached hydrogen (secondary N) is 1. The van der Waals surface area contributed by atoms with Gasteiger partial charge in [-0.2, -0.15) is 5.10 Å². The number of nitrogens with zero attached hydrogens (tertiary/aromatic N) is 2. The van der Waals surface area contributed by atoms with Gasteiger partial charge in [-0.3, -0.25) is 4.79 Å².